The summed E-state index contributed by atoms with van der Waals surface area (Å²) in [6.07, 6.45) is 1.87. The number of nitrogens with one attached hydrogen (secondary N) is 2. The normalized spacial score (nSPS) is 10.8. The van der Waals surface area contributed by atoms with Crippen molar-refractivity contribution in [3.05, 3.63) is 27.7 Å². The van der Waals surface area contributed by atoms with Crippen molar-refractivity contribution in [1.29, 1.82) is 0 Å². The van der Waals surface area contributed by atoms with Crippen LogP contribution < -0.4 is 15.4 Å². The molecule has 0 atom stereocenters. The van der Waals surface area contributed by atoms with Gasteiger partial charge in [0.15, 0.2) is 6.61 Å². The van der Waals surface area contributed by atoms with Gasteiger partial charge in [0.05, 0.1) is 0 Å². The molecule has 1 aromatic rings. The maximum absolute atomic E-state index is 11.9. The van der Waals surface area contributed by atoms with Crippen LogP contribution in [0, 0.1) is 6.92 Å². The van der Waals surface area contributed by atoms with E-state index in [1.165, 1.54) is 0 Å². The largest absolute Gasteiger partial charge is 0.483 e. The number of carbonyl (C=O) groups excluding carboxylic acids is 1. The lowest BCUT2D eigenvalue weighted by Crippen LogP contribution is -2.37. The molecule has 0 bridgehead atoms. The molecule has 0 spiro atoms. The number of benzene rings is 1. The summed E-state index contributed by atoms with van der Waals surface area (Å²) < 4.78 is 6.77. The van der Waals surface area contributed by atoms with Crippen LogP contribution in [0.5, 0.6) is 5.75 Å². The van der Waals surface area contributed by atoms with Gasteiger partial charge >= 0.3 is 0 Å². The average molecular weight is 357 g/mol. The molecule has 0 fully saturated rings. The van der Waals surface area contributed by atoms with E-state index in [2.05, 4.69) is 40.4 Å². The van der Waals surface area contributed by atoms with Crippen LogP contribution in [0.2, 0.25) is 0 Å². The van der Waals surface area contributed by atoms with Gasteiger partial charge in [0.1, 0.15) is 5.75 Å². The summed E-state index contributed by atoms with van der Waals surface area (Å²) >= 11 is 3.49. The number of amides is 1. The van der Waals surface area contributed by atoms with Crippen molar-refractivity contribution in [2.24, 2.45) is 0 Å². The predicted octanol–water partition coefficient (Wildman–Crippen LogP) is 3.16. The molecular weight excluding hydrogens is 332 g/mol. The molecule has 1 amide bonds. The molecular formula is C16H25BrN2O2. The number of halogens is 1. The van der Waals surface area contributed by atoms with Gasteiger partial charge in [-0.3, -0.25) is 4.79 Å². The van der Waals surface area contributed by atoms with Gasteiger partial charge in [-0.15, -0.1) is 0 Å². The van der Waals surface area contributed by atoms with Crippen LogP contribution >= 0.6 is 15.9 Å². The minimum atomic E-state index is -0.0681. The smallest absolute Gasteiger partial charge is 0.258 e. The highest BCUT2D eigenvalue weighted by Crippen LogP contribution is 2.28. The Hall–Kier alpha value is -1.07. The number of ether oxygens (including phenoxy) is 1. The zero-order valence-electron chi connectivity index (χ0n) is 13.3. The highest BCUT2D eigenvalue weighted by molar-refractivity contribution is 9.10. The molecule has 0 saturated heterocycles. The van der Waals surface area contributed by atoms with Crippen LogP contribution in [-0.2, 0) is 11.3 Å². The quantitative estimate of drug-likeness (QED) is 0.752. The van der Waals surface area contributed by atoms with E-state index in [1.807, 2.05) is 26.1 Å². The van der Waals surface area contributed by atoms with Crippen LogP contribution in [-0.4, -0.2) is 25.6 Å². The summed E-state index contributed by atoms with van der Waals surface area (Å²) in [6.45, 7) is 6.87. The molecule has 0 unspecified atom stereocenters. The molecule has 1 rings (SSSR count). The van der Waals surface area contributed by atoms with Gasteiger partial charge in [-0.2, -0.15) is 0 Å². The molecule has 0 aliphatic heterocycles. The monoisotopic (exact) mass is 356 g/mol. The van der Waals surface area contributed by atoms with E-state index < -0.39 is 0 Å². The predicted molar refractivity (Wildman–Crippen MR) is 89.7 cm³/mol. The number of carbonyl (C=O) groups is 1. The van der Waals surface area contributed by atoms with E-state index >= 15 is 0 Å². The fourth-order valence-corrected chi connectivity index (χ4v) is 2.85. The van der Waals surface area contributed by atoms with Crippen LogP contribution in [0.25, 0.3) is 0 Å². The summed E-state index contributed by atoms with van der Waals surface area (Å²) in [6, 6.07) is 4.23. The van der Waals surface area contributed by atoms with Crippen molar-refractivity contribution in [2.75, 3.05) is 13.7 Å². The highest BCUT2D eigenvalue weighted by Gasteiger charge is 2.12. The number of aryl methyl sites for hydroxylation is 1. The maximum Gasteiger partial charge on any atom is 0.258 e. The number of rotatable bonds is 8. The van der Waals surface area contributed by atoms with Crippen molar-refractivity contribution in [1.82, 2.24) is 10.6 Å². The van der Waals surface area contributed by atoms with Gasteiger partial charge in [-0.05, 0) is 44.5 Å². The summed E-state index contributed by atoms with van der Waals surface area (Å²) in [4.78, 5) is 11.9. The summed E-state index contributed by atoms with van der Waals surface area (Å²) in [5, 5.41) is 6.10. The molecule has 0 aliphatic rings. The summed E-state index contributed by atoms with van der Waals surface area (Å²) in [7, 11) is 1.89. The first kappa shape index (κ1) is 18.0. The van der Waals surface area contributed by atoms with Crippen molar-refractivity contribution in [3.8, 4) is 5.75 Å². The molecule has 0 heterocycles. The first-order chi connectivity index (χ1) is 10.0. The third-order valence-electron chi connectivity index (χ3n) is 3.38. The van der Waals surface area contributed by atoms with Crippen LogP contribution in [0.15, 0.2) is 16.6 Å². The lowest BCUT2D eigenvalue weighted by Gasteiger charge is -2.17. The second-order valence-electron chi connectivity index (χ2n) is 5.11. The fourth-order valence-electron chi connectivity index (χ4n) is 2.23. The molecule has 5 heteroatoms. The van der Waals surface area contributed by atoms with Crippen molar-refractivity contribution in [2.45, 2.75) is 46.2 Å². The zero-order valence-corrected chi connectivity index (χ0v) is 14.8. The van der Waals surface area contributed by atoms with Crippen molar-refractivity contribution >= 4 is 21.8 Å². The van der Waals surface area contributed by atoms with Gasteiger partial charge in [0.2, 0.25) is 0 Å². The Morgan fingerprint density at radius 1 is 1.33 bits per heavy atom. The molecule has 0 aromatic heterocycles. The summed E-state index contributed by atoms with van der Waals surface area (Å²) in [5.74, 6) is 0.716. The zero-order chi connectivity index (χ0) is 15.8. The van der Waals surface area contributed by atoms with E-state index in [4.69, 9.17) is 4.74 Å². The van der Waals surface area contributed by atoms with Crippen LogP contribution in [0.1, 0.15) is 37.8 Å². The molecule has 4 nitrogen and oxygen atoms in total. The first-order valence-electron chi connectivity index (χ1n) is 7.37. The van der Waals surface area contributed by atoms with Gasteiger partial charge in [-0.1, -0.05) is 29.8 Å². The minimum absolute atomic E-state index is 0.0513. The third-order valence-corrected chi connectivity index (χ3v) is 3.84. The first-order valence-corrected chi connectivity index (χ1v) is 8.16. The standard InChI is InChI=1S/C16H25BrN2O2/c1-5-14(6-2)19-15(20)10-21-16-11(3)7-13(17)8-12(16)9-18-4/h7-8,14,18H,5-6,9-10H2,1-4H3,(H,19,20). The lowest BCUT2D eigenvalue weighted by atomic mass is 10.1. The van der Waals surface area contributed by atoms with Crippen LogP contribution in [0.4, 0.5) is 0 Å². The topological polar surface area (TPSA) is 50.4 Å². The molecule has 1 aromatic carbocycles. The fraction of sp³-hybridized carbons (Fsp3) is 0.562. The molecule has 2 N–H and O–H groups in total. The third kappa shape index (κ3) is 5.67. The Morgan fingerprint density at radius 2 is 2.00 bits per heavy atom. The van der Waals surface area contributed by atoms with Gasteiger partial charge in [0.25, 0.3) is 5.91 Å². The highest BCUT2D eigenvalue weighted by atomic mass is 79.9. The average Bonchev–Trinajstić information content (AvgIpc) is 2.44. The van der Waals surface area contributed by atoms with Crippen LogP contribution in [0.3, 0.4) is 0 Å². The second-order valence-corrected chi connectivity index (χ2v) is 6.03. The summed E-state index contributed by atoms with van der Waals surface area (Å²) in [5.41, 5.74) is 2.06. The van der Waals surface area contributed by atoms with E-state index in [0.29, 0.717) is 6.54 Å². The van der Waals surface area contributed by atoms with Gasteiger partial charge in [-0.25, -0.2) is 0 Å². The van der Waals surface area contributed by atoms with E-state index in [1.54, 1.807) is 0 Å². The SMILES string of the molecule is CCC(CC)NC(=O)COc1c(C)cc(Br)cc1CNC. The van der Waals surface area contributed by atoms with E-state index in [0.717, 1.165) is 34.2 Å². The Kier molecular flexibility index (Phi) is 7.75. The second kappa shape index (κ2) is 9.05. The number of hydrogen-bond donors (Lipinski definition) is 2. The molecule has 0 aliphatic carbocycles. The Balaban J connectivity index is 2.72. The van der Waals surface area contributed by atoms with Crippen molar-refractivity contribution in [3.63, 3.8) is 0 Å². The Labute approximate surface area is 135 Å². The molecule has 0 saturated carbocycles. The van der Waals surface area contributed by atoms with E-state index in [-0.39, 0.29) is 18.6 Å². The number of hydrogen-bond acceptors (Lipinski definition) is 3. The molecule has 0 radical (unpaired) electrons. The molecule has 21 heavy (non-hydrogen) atoms. The Bertz CT molecular complexity index is 474. The van der Waals surface area contributed by atoms with Crippen molar-refractivity contribution < 1.29 is 9.53 Å². The minimum Gasteiger partial charge on any atom is -0.483 e. The van der Waals surface area contributed by atoms with Gasteiger partial charge in [0, 0.05) is 22.6 Å². The Morgan fingerprint density at radius 3 is 2.57 bits per heavy atom. The van der Waals surface area contributed by atoms with Gasteiger partial charge < -0.3 is 15.4 Å². The maximum atomic E-state index is 11.9. The molecule has 118 valence electrons. The van der Waals surface area contributed by atoms with E-state index in [9.17, 15) is 4.79 Å². The lowest BCUT2D eigenvalue weighted by molar-refractivity contribution is -0.123.